The molecule has 1 saturated carbocycles. The highest BCUT2D eigenvalue weighted by atomic mass is 32.2. The largest absolute Gasteiger partial charge is 0.464 e. The molecule has 0 aliphatic heterocycles. The van der Waals surface area contributed by atoms with Crippen molar-refractivity contribution < 1.29 is 9.53 Å². The number of rotatable bonds is 5. The number of thioether (sulfide) groups is 1. The molecule has 1 aliphatic carbocycles. The minimum Gasteiger partial charge on any atom is -0.464 e. The number of carbonyl (C=O) groups is 1. The summed E-state index contributed by atoms with van der Waals surface area (Å²) in [5.74, 6) is 0.172. The van der Waals surface area contributed by atoms with Crippen LogP contribution in [0.15, 0.2) is 12.4 Å². The number of hydrogen-bond donors (Lipinski definition) is 1. The Labute approximate surface area is 123 Å². The topological polar surface area (TPSA) is 64.1 Å². The van der Waals surface area contributed by atoms with Crippen LogP contribution in [0.2, 0.25) is 0 Å². The lowest BCUT2D eigenvalue weighted by molar-refractivity contribution is 0.0593. The van der Waals surface area contributed by atoms with Crippen molar-refractivity contribution in [2.24, 2.45) is 0 Å². The minimum atomic E-state index is -0.460. The summed E-state index contributed by atoms with van der Waals surface area (Å²) in [5, 5.41) is 3.32. The monoisotopic (exact) mass is 295 g/mol. The lowest BCUT2D eigenvalue weighted by Gasteiger charge is -2.36. The van der Waals surface area contributed by atoms with E-state index < -0.39 is 5.97 Å². The molecule has 1 fully saturated rings. The highest BCUT2D eigenvalue weighted by Crippen LogP contribution is 2.38. The SMILES string of the molecule is COC(=O)c1cncc(NCC2(SC)CCCCC2)n1. The summed E-state index contributed by atoms with van der Waals surface area (Å²) < 4.78 is 4.93. The van der Waals surface area contributed by atoms with Crippen molar-refractivity contribution in [2.45, 2.75) is 36.9 Å². The van der Waals surface area contributed by atoms with Crippen molar-refractivity contribution in [3.63, 3.8) is 0 Å². The molecule has 1 aromatic heterocycles. The Balaban J connectivity index is 2.01. The number of nitrogens with zero attached hydrogens (tertiary/aromatic N) is 2. The van der Waals surface area contributed by atoms with Gasteiger partial charge in [0.25, 0.3) is 0 Å². The first kappa shape index (κ1) is 15.1. The molecular formula is C14H21N3O2S. The predicted molar refractivity (Wildman–Crippen MR) is 81.2 cm³/mol. The quantitative estimate of drug-likeness (QED) is 0.843. The summed E-state index contributed by atoms with van der Waals surface area (Å²) in [5.41, 5.74) is 0.236. The van der Waals surface area contributed by atoms with Gasteiger partial charge in [-0.25, -0.2) is 9.78 Å². The fourth-order valence-corrected chi connectivity index (χ4v) is 3.47. The Hall–Kier alpha value is -1.30. The molecule has 6 heteroatoms. The van der Waals surface area contributed by atoms with Crippen LogP contribution < -0.4 is 5.32 Å². The molecule has 1 aliphatic rings. The average Bonchev–Trinajstić information content (AvgIpc) is 2.53. The number of carbonyl (C=O) groups excluding carboxylic acids is 1. The summed E-state index contributed by atoms with van der Waals surface area (Å²) in [6.07, 6.45) is 11.6. The molecule has 0 amide bonds. The van der Waals surface area contributed by atoms with Gasteiger partial charge in [0.05, 0.1) is 19.5 Å². The maximum absolute atomic E-state index is 11.4. The molecule has 0 bridgehead atoms. The van der Waals surface area contributed by atoms with Gasteiger partial charge in [-0.05, 0) is 19.1 Å². The fourth-order valence-electron chi connectivity index (χ4n) is 2.55. The number of nitrogens with one attached hydrogen (secondary N) is 1. The second-order valence-corrected chi connectivity index (χ2v) is 6.36. The highest BCUT2D eigenvalue weighted by Gasteiger charge is 2.30. The zero-order chi connectivity index (χ0) is 14.4. The average molecular weight is 295 g/mol. The lowest BCUT2D eigenvalue weighted by Crippen LogP contribution is -2.35. The van der Waals surface area contributed by atoms with Crippen molar-refractivity contribution in [3.8, 4) is 0 Å². The first-order valence-corrected chi connectivity index (χ1v) is 8.11. The maximum atomic E-state index is 11.4. The number of anilines is 1. The standard InChI is InChI=1S/C14H21N3O2S/c1-19-13(18)11-8-15-9-12(17-11)16-10-14(20-2)6-4-3-5-7-14/h8-9H,3-7,10H2,1-2H3,(H,16,17). The van der Waals surface area contributed by atoms with Crippen LogP contribution >= 0.6 is 11.8 Å². The summed E-state index contributed by atoms with van der Waals surface area (Å²) in [6.45, 7) is 0.855. The lowest BCUT2D eigenvalue weighted by atomic mass is 9.88. The third-order valence-corrected chi connectivity index (χ3v) is 5.24. The molecular weight excluding hydrogens is 274 g/mol. The van der Waals surface area contributed by atoms with Gasteiger partial charge in [0.2, 0.25) is 0 Å². The van der Waals surface area contributed by atoms with Crippen molar-refractivity contribution in [3.05, 3.63) is 18.1 Å². The Morgan fingerprint density at radius 2 is 2.15 bits per heavy atom. The van der Waals surface area contributed by atoms with Crippen LogP contribution in [-0.4, -0.2) is 40.6 Å². The van der Waals surface area contributed by atoms with E-state index in [4.69, 9.17) is 0 Å². The summed E-state index contributed by atoms with van der Waals surface area (Å²) in [4.78, 5) is 19.7. The zero-order valence-electron chi connectivity index (χ0n) is 12.0. The van der Waals surface area contributed by atoms with E-state index in [1.54, 1.807) is 6.20 Å². The van der Waals surface area contributed by atoms with Gasteiger partial charge in [-0.15, -0.1) is 0 Å². The number of aromatic nitrogens is 2. The predicted octanol–water partition coefficient (Wildman–Crippen LogP) is 2.74. The molecule has 0 unspecified atom stereocenters. The van der Waals surface area contributed by atoms with E-state index in [1.165, 1.54) is 45.4 Å². The molecule has 0 radical (unpaired) electrons. The van der Waals surface area contributed by atoms with E-state index in [0.717, 1.165) is 6.54 Å². The van der Waals surface area contributed by atoms with Crippen molar-refractivity contribution in [1.29, 1.82) is 0 Å². The molecule has 0 aromatic carbocycles. The zero-order valence-corrected chi connectivity index (χ0v) is 12.8. The van der Waals surface area contributed by atoms with E-state index in [2.05, 4.69) is 26.3 Å². The molecule has 1 N–H and O–H groups in total. The first-order chi connectivity index (χ1) is 9.69. The second-order valence-electron chi connectivity index (χ2n) is 5.08. The molecule has 0 spiro atoms. The molecule has 1 heterocycles. The van der Waals surface area contributed by atoms with Crippen LogP contribution in [0.3, 0.4) is 0 Å². The molecule has 1 aromatic rings. The van der Waals surface area contributed by atoms with Crippen molar-refractivity contribution in [1.82, 2.24) is 9.97 Å². The maximum Gasteiger partial charge on any atom is 0.358 e. The number of ether oxygens (including phenoxy) is 1. The van der Waals surface area contributed by atoms with Gasteiger partial charge < -0.3 is 10.1 Å². The summed E-state index contributed by atoms with van der Waals surface area (Å²) in [6, 6.07) is 0. The van der Waals surface area contributed by atoms with Crippen LogP contribution in [0.25, 0.3) is 0 Å². The number of methoxy groups -OCH3 is 1. The van der Waals surface area contributed by atoms with Gasteiger partial charge in [-0.1, -0.05) is 19.3 Å². The van der Waals surface area contributed by atoms with Crippen LogP contribution in [0.5, 0.6) is 0 Å². The Kier molecular flexibility index (Phi) is 5.23. The van der Waals surface area contributed by atoms with Gasteiger partial charge >= 0.3 is 5.97 Å². The van der Waals surface area contributed by atoms with Crippen LogP contribution in [0.1, 0.15) is 42.6 Å². The van der Waals surface area contributed by atoms with Gasteiger partial charge in [-0.3, -0.25) is 4.98 Å². The van der Waals surface area contributed by atoms with E-state index in [1.807, 2.05) is 11.8 Å². The Morgan fingerprint density at radius 3 is 2.80 bits per heavy atom. The Morgan fingerprint density at radius 1 is 1.40 bits per heavy atom. The summed E-state index contributed by atoms with van der Waals surface area (Å²) in [7, 11) is 1.34. The summed E-state index contributed by atoms with van der Waals surface area (Å²) >= 11 is 1.93. The molecule has 110 valence electrons. The van der Waals surface area contributed by atoms with E-state index in [9.17, 15) is 4.79 Å². The molecule has 5 nitrogen and oxygen atoms in total. The van der Waals surface area contributed by atoms with Gasteiger partial charge in [0.15, 0.2) is 5.69 Å². The first-order valence-electron chi connectivity index (χ1n) is 6.88. The fraction of sp³-hybridized carbons (Fsp3) is 0.643. The number of hydrogen-bond acceptors (Lipinski definition) is 6. The minimum absolute atomic E-state index is 0.236. The van der Waals surface area contributed by atoms with Gasteiger partial charge in [0, 0.05) is 11.3 Å². The normalized spacial score (nSPS) is 17.5. The van der Waals surface area contributed by atoms with Crippen molar-refractivity contribution in [2.75, 3.05) is 25.2 Å². The van der Waals surface area contributed by atoms with E-state index >= 15 is 0 Å². The van der Waals surface area contributed by atoms with Crippen LogP contribution in [-0.2, 0) is 4.74 Å². The van der Waals surface area contributed by atoms with E-state index in [0.29, 0.717) is 5.82 Å². The molecule has 20 heavy (non-hydrogen) atoms. The van der Waals surface area contributed by atoms with Crippen LogP contribution in [0, 0.1) is 0 Å². The molecule has 2 rings (SSSR count). The van der Waals surface area contributed by atoms with E-state index in [-0.39, 0.29) is 10.4 Å². The third kappa shape index (κ3) is 3.62. The highest BCUT2D eigenvalue weighted by molar-refractivity contribution is 8.00. The van der Waals surface area contributed by atoms with Crippen molar-refractivity contribution >= 4 is 23.5 Å². The van der Waals surface area contributed by atoms with Gasteiger partial charge in [-0.2, -0.15) is 11.8 Å². The third-order valence-electron chi connectivity index (χ3n) is 3.82. The molecule has 0 saturated heterocycles. The molecule has 0 atom stereocenters. The second kappa shape index (κ2) is 6.92. The number of esters is 1. The Bertz CT molecular complexity index is 461. The van der Waals surface area contributed by atoms with Gasteiger partial charge in [0.1, 0.15) is 5.82 Å². The van der Waals surface area contributed by atoms with Crippen LogP contribution in [0.4, 0.5) is 5.82 Å². The smallest absolute Gasteiger partial charge is 0.358 e.